The number of rotatable bonds is 5. The minimum absolute atomic E-state index is 0.141. The summed E-state index contributed by atoms with van der Waals surface area (Å²) in [7, 11) is 0. The number of ether oxygens (including phenoxy) is 1. The summed E-state index contributed by atoms with van der Waals surface area (Å²) in [6, 6.07) is 13.0. The number of nitrogens with one attached hydrogen (secondary N) is 1. The first-order chi connectivity index (χ1) is 13.0. The van der Waals surface area contributed by atoms with E-state index in [0.29, 0.717) is 11.3 Å². The maximum atomic E-state index is 13.1. The Hall–Kier alpha value is -2.82. The molecule has 1 amide bonds. The Morgan fingerprint density at radius 3 is 2.30 bits per heavy atom. The summed E-state index contributed by atoms with van der Waals surface area (Å²) in [5.74, 6) is -0.847. The van der Waals surface area contributed by atoms with Crippen molar-refractivity contribution >= 4 is 11.9 Å². The molecule has 1 saturated carbocycles. The number of hydrogen-bond acceptors (Lipinski definition) is 3. The fraction of sp³-hybridized carbons (Fsp3) is 0.364. The molecule has 2 aromatic rings. The van der Waals surface area contributed by atoms with Gasteiger partial charge in [0.25, 0.3) is 5.91 Å². The van der Waals surface area contributed by atoms with E-state index in [1.54, 1.807) is 12.1 Å². The van der Waals surface area contributed by atoms with E-state index < -0.39 is 17.4 Å². The van der Waals surface area contributed by atoms with Crippen molar-refractivity contribution in [3.8, 4) is 5.75 Å². The highest BCUT2D eigenvalue weighted by Crippen LogP contribution is 2.33. The molecule has 0 heterocycles. The van der Waals surface area contributed by atoms with Gasteiger partial charge in [0.1, 0.15) is 11.3 Å². The molecule has 2 N–H and O–H groups in total. The summed E-state index contributed by atoms with van der Waals surface area (Å²) in [5.41, 5.74) is 1.90. The van der Waals surface area contributed by atoms with Crippen LogP contribution < -0.4 is 10.1 Å². The highest BCUT2D eigenvalue weighted by atomic mass is 16.5. The zero-order valence-corrected chi connectivity index (χ0v) is 15.3. The molecule has 5 nitrogen and oxygen atoms in total. The van der Waals surface area contributed by atoms with Crippen molar-refractivity contribution < 1.29 is 19.4 Å². The van der Waals surface area contributed by atoms with Crippen molar-refractivity contribution in [2.24, 2.45) is 0 Å². The van der Waals surface area contributed by atoms with Crippen LogP contribution in [-0.2, 0) is 17.6 Å². The van der Waals surface area contributed by atoms with Gasteiger partial charge >= 0.3 is 5.97 Å². The lowest BCUT2D eigenvalue weighted by Crippen LogP contribution is -2.55. The van der Waals surface area contributed by atoms with E-state index in [2.05, 4.69) is 5.32 Å². The van der Waals surface area contributed by atoms with Crippen LogP contribution in [0.1, 0.15) is 46.3 Å². The molecule has 2 aliphatic carbocycles. The molecule has 4 rings (SSSR count). The molecule has 2 aliphatic rings. The van der Waals surface area contributed by atoms with Crippen LogP contribution in [0.3, 0.4) is 0 Å². The Morgan fingerprint density at radius 2 is 1.74 bits per heavy atom. The lowest BCUT2D eigenvalue weighted by atomic mass is 9.94. The van der Waals surface area contributed by atoms with Gasteiger partial charge in [-0.2, -0.15) is 0 Å². The first-order valence-electron chi connectivity index (χ1n) is 9.37. The maximum Gasteiger partial charge on any atom is 0.330 e. The second-order valence-electron chi connectivity index (χ2n) is 7.59. The summed E-state index contributed by atoms with van der Waals surface area (Å²) in [4.78, 5) is 25.2. The van der Waals surface area contributed by atoms with Crippen LogP contribution in [0.25, 0.3) is 0 Å². The Kier molecular flexibility index (Phi) is 4.38. The summed E-state index contributed by atoms with van der Waals surface area (Å²) >= 11 is 0. The molecule has 0 bridgehead atoms. The second kappa shape index (κ2) is 6.72. The summed E-state index contributed by atoms with van der Waals surface area (Å²) in [6.07, 6.45) is 3.83. The van der Waals surface area contributed by atoms with Crippen molar-refractivity contribution in [1.82, 2.24) is 5.32 Å². The van der Waals surface area contributed by atoms with Gasteiger partial charge in [0, 0.05) is 12.8 Å². The molecule has 5 heteroatoms. The SMILES string of the molecule is Cc1cccc(C(=O)NC2(C(=O)O)Cc3ccccc3C2)c1OC1CCC1. The number of aryl methyl sites for hydroxylation is 1. The van der Waals surface area contributed by atoms with Gasteiger partial charge in [-0.1, -0.05) is 36.4 Å². The van der Waals surface area contributed by atoms with E-state index in [0.717, 1.165) is 36.0 Å². The van der Waals surface area contributed by atoms with Gasteiger partial charge in [-0.05, 0) is 48.9 Å². The molecule has 0 aliphatic heterocycles. The molecule has 0 saturated heterocycles. The highest BCUT2D eigenvalue weighted by Gasteiger charge is 2.45. The van der Waals surface area contributed by atoms with Gasteiger partial charge in [0.15, 0.2) is 0 Å². The summed E-state index contributed by atoms with van der Waals surface area (Å²) in [6.45, 7) is 1.91. The normalized spacial score (nSPS) is 17.7. The van der Waals surface area contributed by atoms with E-state index in [1.807, 2.05) is 37.3 Å². The Morgan fingerprint density at radius 1 is 1.07 bits per heavy atom. The van der Waals surface area contributed by atoms with E-state index in [4.69, 9.17) is 4.74 Å². The number of fused-ring (bicyclic) bond motifs is 1. The van der Waals surface area contributed by atoms with Crippen LogP contribution in [0.2, 0.25) is 0 Å². The van der Waals surface area contributed by atoms with E-state index in [1.165, 1.54) is 0 Å². The van der Waals surface area contributed by atoms with Crippen LogP contribution in [-0.4, -0.2) is 28.6 Å². The Labute approximate surface area is 158 Å². The number of carboxylic acid groups (broad SMARTS) is 1. The molecule has 27 heavy (non-hydrogen) atoms. The third-order valence-corrected chi connectivity index (χ3v) is 5.66. The zero-order chi connectivity index (χ0) is 19.0. The number of carbonyl (C=O) groups excluding carboxylic acids is 1. The smallest absolute Gasteiger partial charge is 0.330 e. The number of hydrogen-bond donors (Lipinski definition) is 2. The molecule has 0 radical (unpaired) electrons. The molecule has 140 valence electrons. The third kappa shape index (κ3) is 3.18. The average Bonchev–Trinajstić information content (AvgIpc) is 2.98. The molecule has 1 fully saturated rings. The first kappa shape index (κ1) is 17.6. The first-order valence-corrected chi connectivity index (χ1v) is 9.37. The molecule has 0 atom stereocenters. The van der Waals surface area contributed by atoms with Crippen molar-refractivity contribution in [2.75, 3.05) is 0 Å². The zero-order valence-electron chi connectivity index (χ0n) is 15.3. The lowest BCUT2D eigenvalue weighted by molar-refractivity contribution is -0.144. The van der Waals surface area contributed by atoms with Crippen molar-refractivity contribution in [3.05, 3.63) is 64.7 Å². The number of amides is 1. The summed E-state index contributed by atoms with van der Waals surface area (Å²) < 4.78 is 6.04. The van der Waals surface area contributed by atoms with E-state index >= 15 is 0 Å². The van der Waals surface area contributed by atoms with Gasteiger partial charge < -0.3 is 15.2 Å². The quantitative estimate of drug-likeness (QED) is 0.853. The molecular weight excluding hydrogens is 342 g/mol. The third-order valence-electron chi connectivity index (χ3n) is 5.66. The Bertz CT molecular complexity index is 876. The van der Waals surface area contributed by atoms with Crippen molar-refractivity contribution in [3.63, 3.8) is 0 Å². The largest absolute Gasteiger partial charge is 0.489 e. The summed E-state index contributed by atoms with van der Waals surface area (Å²) in [5, 5.41) is 12.7. The lowest BCUT2D eigenvalue weighted by Gasteiger charge is -2.29. The van der Waals surface area contributed by atoms with Crippen LogP contribution >= 0.6 is 0 Å². The van der Waals surface area contributed by atoms with Crippen LogP contribution in [0.4, 0.5) is 0 Å². The van der Waals surface area contributed by atoms with E-state index in [-0.39, 0.29) is 18.9 Å². The molecule has 0 unspecified atom stereocenters. The second-order valence-corrected chi connectivity index (χ2v) is 7.59. The topological polar surface area (TPSA) is 75.6 Å². The predicted molar refractivity (Wildman–Crippen MR) is 101 cm³/mol. The van der Waals surface area contributed by atoms with Crippen LogP contribution in [0.15, 0.2) is 42.5 Å². The van der Waals surface area contributed by atoms with Gasteiger partial charge in [0.05, 0.1) is 11.7 Å². The Balaban J connectivity index is 1.62. The number of carbonyl (C=O) groups is 2. The van der Waals surface area contributed by atoms with Crippen molar-refractivity contribution in [2.45, 2.75) is 50.7 Å². The number of benzene rings is 2. The molecule has 2 aromatic carbocycles. The maximum absolute atomic E-state index is 13.1. The average molecular weight is 365 g/mol. The monoisotopic (exact) mass is 365 g/mol. The fourth-order valence-corrected chi connectivity index (χ4v) is 3.84. The number of aliphatic carboxylic acids is 1. The number of carboxylic acids is 1. The fourth-order valence-electron chi connectivity index (χ4n) is 3.84. The standard InChI is InChI=1S/C22H23NO4/c1-14-6-4-11-18(19(14)27-17-9-5-10-17)20(24)23-22(21(25)26)12-15-7-2-3-8-16(15)13-22/h2-4,6-8,11,17H,5,9-10,12-13H2,1H3,(H,23,24)(H,25,26). The van der Waals surface area contributed by atoms with Gasteiger partial charge in [0.2, 0.25) is 0 Å². The van der Waals surface area contributed by atoms with E-state index in [9.17, 15) is 14.7 Å². The molecule has 0 spiro atoms. The minimum atomic E-state index is -1.32. The minimum Gasteiger partial charge on any atom is -0.489 e. The van der Waals surface area contributed by atoms with Crippen LogP contribution in [0, 0.1) is 6.92 Å². The van der Waals surface area contributed by atoms with Gasteiger partial charge in [-0.3, -0.25) is 4.79 Å². The van der Waals surface area contributed by atoms with Crippen molar-refractivity contribution in [1.29, 1.82) is 0 Å². The van der Waals surface area contributed by atoms with Gasteiger partial charge in [-0.25, -0.2) is 4.79 Å². The van der Waals surface area contributed by atoms with Gasteiger partial charge in [-0.15, -0.1) is 0 Å². The highest BCUT2D eigenvalue weighted by molar-refractivity contribution is 6.00. The number of para-hydroxylation sites is 1. The van der Waals surface area contributed by atoms with Crippen LogP contribution in [0.5, 0.6) is 5.75 Å². The predicted octanol–water partition coefficient (Wildman–Crippen LogP) is 3.28. The molecule has 0 aromatic heterocycles. The molecular formula is C22H23NO4.